The summed E-state index contributed by atoms with van der Waals surface area (Å²) in [6, 6.07) is 46.1. The quantitative estimate of drug-likeness (QED) is 0.0645. The number of aromatic nitrogens is 3. The van der Waals surface area contributed by atoms with Crippen LogP contribution >= 0.6 is 0 Å². The van der Waals surface area contributed by atoms with Crippen LogP contribution in [0.2, 0.25) is 0 Å². The molecular weight excluding hydrogens is 739 g/mol. The highest BCUT2D eigenvalue weighted by Gasteiger charge is 2.49. The van der Waals surface area contributed by atoms with E-state index in [1.54, 1.807) is 23.0 Å². The zero-order valence-corrected chi connectivity index (χ0v) is 31.8. The van der Waals surface area contributed by atoms with Crippen molar-refractivity contribution < 1.29 is 43.1 Å². The Morgan fingerprint density at radius 3 is 1.60 bits per heavy atom. The second-order valence-electron chi connectivity index (χ2n) is 13.9. The molecule has 0 radical (unpaired) electrons. The molecule has 0 spiro atoms. The molecule has 12 nitrogen and oxygen atoms in total. The molecule has 12 heteroatoms. The molecule has 3 unspecified atom stereocenters. The molecule has 1 saturated heterocycles. The van der Waals surface area contributed by atoms with Gasteiger partial charge in [-0.2, -0.15) is 0 Å². The summed E-state index contributed by atoms with van der Waals surface area (Å²) in [5.74, 6) is -2.46. The molecule has 58 heavy (non-hydrogen) atoms. The van der Waals surface area contributed by atoms with Gasteiger partial charge in [-0.15, -0.1) is 5.10 Å². The minimum atomic E-state index is -1.50. The van der Waals surface area contributed by atoms with Crippen molar-refractivity contribution in [2.75, 3.05) is 6.61 Å². The number of Topliss-reactive ketones (excluding diaryl/α,β-unsaturated/α-hetero) is 1. The number of aliphatic carboxylic acids is 1. The summed E-state index contributed by atoms with van der Waals surface area (Å²) in [6.45, 7) is 1.84. The molecule has 1 aliphatic heterocycles. The fraction of sp³-hybridized carbons (Fsp3) is 0.261. The highest BCUT2D eigenvalue weighted by atomic mass is 16.7. The van der Waals surface area contributed by atoms with Crippen LogP contribution in [0.25, 0.3) is 0 Å². The number of ketones is 1. The van der Waals surface area contributed by atoms with E-state index in [1.807, 2.05) is 121 Å². The SMILES string of the molecule is O=C(O)C(=O)c1ccc(Cn2cc(CO[C@@H]3OC(COCc4ccccc4)[C@@H](OCc4ccccc4)C(OCc4ccccc4)C3OCc3ccccc3)nn2)cc1. The van der Waals surface area contributed by atoms with Crippen LogP contribution in [0.5, 0.6) is 0 Å². The summed E-state index contributed by atoms with van der Waals surface area (Å²) in [7, 11) is 0. The maximum Gasteiger partial charge on any atom is 0.377 e. The van der Waals surface area contributed by atoms with E-state index in [-0.39, 0.29) is 25.4 Å². The zero-order chi connectivity index (χ0) is 39.9. The molecular formula is C46H45N3O9. The summed E-state index contributed by atoms with van der Waals surface area (Å²) in [4.78, 5) is 22.9. The smallest absolute Gasteiger partial charge is 0.377 e. The van der Waals surface area contributed by atoms with Gasteiger partial charge in [0.25, 0.3) is 5.78 Å². The number of ether oxygens (including phenoxy) is 6. The molecule has 0 aliphatic carbocycles. The number of carboxylic acids is 1. The van der Waals surface area contributed by atoms with Gasteiger partial charge in [0.1, 0.15) is 30.1 Å². The van der Waals surface area contributed by atoms with E-state index < -0.39 is 42.5 Å². The highest BCUT2D eigenvalue weighted by Crippen LogP contribution is 2.32. The molecule has 1 fully saturated rings. The first-order chi connectivity index (χ1) is 28.5. The highest BCUT2D eigenvalue weighted by molar-refractivity contribution is 6.39. The third-order valence-electron chi connectivity index (χ3n) is 9.58. The van der Waals surface area contributed by atoms with Gasteiger partial charge in [0.05, 0.1) is 52.4 Å². The maximum absolute atomic E-state index is 11.8. The van der Waals surface area contributed by atoms with E-state index in [4.69, 9.17) is 33.5 Å². The van der Waals surface area contributed by atoms with E-state index in [1.165, 1.54) is 12.1 Å². The minimum absolute atomic E-state index is 0.0421. The van der Waals surface area contributed by atoms with Gasteiger partial charge in [-0.25, -0.2) is 9.48 Å². The molecule has 1 aromatic heterocycles. The van der Waals surface area contributed by atoms with Crippen molar-refractivity contribution in [1.82, 2.24) is 15.0 Å². The number of carbonyl (C=O) groups is 2. The van der Waals surface area contributed by atoms with Gasteiger partial charge in [0, 0.05) is 5.56 Å². The molecule has 1 aliphatic rings. The molecule has 0 saturated carbocycles. The molecule has 5 atom stereocenters. The summed E-state index contributed by atoms with van der Waals surface area (Å²) < 4.78 is 41.5. The van der Waals surface area contributed by atoms with Gasteiger partial charge in [-0.3, -0.25) is 4.79 Å². The number of nitrogens with zero attached hydrogens (tertiary/aromatic N) is 3. The molecule has 0 amide bonds. The van der Waals surface area contributed by atoms with Crippen molar-refractivity contribution in [3.8, 4) is 0 Å². The molecule has 0 bridgehead atoms. The van der Waals surface area contributed by atoms with Crippen LogP contribution in [0.3, 0.4) is 0 Å². The number of carboxylic acid groups (broad SMARTS) is 1. The molecule has 2 heterocycles. The van der Waals surface area contributed by atoms with Gasteiger partial charge in [0.15, 0.2) is 6.29 Å². The zero-order valence-electron chi connectivity index (χ0n) is 31.8. The molecule has 7 rings (SSSR count). The molecule has 298 valence electrons. The number of benzene rings is 5. The average molecular weight is 784 g/mol. The Hall–Kier alpha value is -5.86. The Morgan fingerprint density at radius 2 is 1.07 bits per heavy atom. The Morgan fingerprint density at radius 1 is 0.569 bits per heavy atom. The molecule has 1 N–H and O–H groups in total. The van der Waals surface area contributed by atoms with Crippen molar-refractivity contribution >= 4 is 11.8 Å². The Bertz CT molecular complexity index is 2150. The van der Waals surface area contributed by atoms with Crippen LogP contribution in [0, 0.1) is 0 Å². The summed E-state index contributed by atoms with van der Waals surface area (Å²) >= 11 is 0. The van der Waals surface area contributed by atoms with Gasteiger partial charge < -0.3 is 33.5 Å². The van der Waals surface area contributed by atoms with Crippen LogP contribution in [-0.4, -0.2) is 69.2 Å². The topological polar surface area (TPSA) is 140 Å². The van der Waals surface area contributed by atoms with E-state index in [0.717, 1.165) is 27.8 Å². The molecule has 5 aromatic carbocycles. The van der Waals surface area contributed by atoms with Gasteiger partial charge in [0.2, 0.25) is 0 Å². The van der Waals surface area contributed by atoms with Crippen molar-refractivity contribution in [2.45, 2.75) is 70.3 Å². The number of carbonyl (C=O) groups excluding carboxylic acids is 1. The maximum atomic E-state index is 11.8. The Kier molecular flexibility index (Phi) is 14.3. The summed E-state index contributed by atoms with van der Waals surface area (Å²) in [5.41, 5.74) is 5.45. The van der Waals surface area contributed by atoms with Crippen molar-refractivity contribution in [3.63, 3.8) is 0 Å². The third-order valence-corrected chi connectivity index (χ3v) is 9.58. The Labute approximate surface area is 336 Å². The first kappa shape index (κ1) is 40.3. The van der Waals surface area contributed by atoms with Crippen LogP contribution in [0.15, 0.2) is 152 Å². The van der Waals surface area contributed by atoms with Crippen molar-refractivity contribution in [2.24, 2.45) is 0 Å². The van der Waals surface area contributed by atoms with E-state index in [9.17, 15) is 9.59 Å². The predicted molar refractivity (Wildman–Crippen MR) is 212 cm³/mol. The second kappa shape index (κ2) is 20.5. The van der Waals surface area contributed by atoms with Crippen molar-refractivity contribution in [3.05, 3.63) is 191 Å². The predicted octanol–water partition coefficient (Wildman–Crippen LogP) is 6.81. The second-order valence-corrected chi connectivity index (χ2v) is 13.9. The third kappa shape index (κ3) is 11.4. The number of hydrogen-bond donors (Lipinski definition) is 1. The van der Waals surface area contributed by atoms with Crippen LogP contribution < -0.4 is 0 Å². The fourth-order valence-corrected chi connectivity index (χ4v) is 6.60. The lowest BCUT2D eigenvalue weighted by Gasteiger charge is -2.45. The first-order valence-electron chi connectivity index (χ1n) is 19.1. The monoisotopic (exact) mass is 783 g/mol. The van der Waals surface area contributed by atoms with Gasteiger partial charge in [-0.05, 0) is 27.8 Å². The van der Waals surface area contributed by atoms with E-state index in [0.29, 0.717) is 32.1 Å². The van der Waals surface area contributed by atoms with Crippen molar-refractivity contribution in [1.29, 1.82) is 0 Å². The number of rotatable bonds is 20. The standard InChI is InChI=1S/C46H45N3O9/c50-41(45(51)52)38-23-21-33(22-24-38)25-49-26-39(47-48-49)31-57-46-44(56-30-37-19-11-4-12-20-37)43(55-29-36-17-9-3-10-18-36)42(54-28-35-15-7-2-8-16-35)40(58-46)32-53-27-34-13-5-1-6-14-34/h1-24,26,40,42-44,46H,25,27-32H2,(H,51,52)/t40?,42-,43?,44?,46-/m1/s1. The van der Waals surface area contributed by atoms with Gasteiger partial charge >= 0.3 is 5.97 Å². The first-order valence-corrected chi connectivity index (χ1v) is 19.1. The van der Waals surface area contributed by atoms with Crippen LogP contribution in [0.4, 0.5) is 0 Å². The Balaban J connectivity index is 1.13. The van der Waals surface area contributed by atoms with Crippen LogP contribution in [-0.2, 0) is 72.8 Å². The lowest BCUT2D eigenvalue weighted by atomic mass is 9.97. The van der Waals surface area contributed by atoms with Crippen LogP contribution in [0.1, 0.15) is 43.9 Å². The normalized spacial score (nSPS) is 19.1. The van der Waals surface area contributed by atoms with Gasteiger partial charge in [-0.1, -0.05) is 151 Å². The largest absolute Gasteiger partial charge is 0.475 e. The van der Waals surface area contributed by atoms with E-state index in [2.05, 4.69) is 10.3 Å². The summed E-state index contributed by atoms with van der Waals surface area (Å²) in [6.07, 6.45) is -1.77. The average Bonchev–Trinajstić information content (AvgIpc) is 3.72. The molecule has 6 aromatic rings. The number of hydrogen-bond acceptors (Lipinski definition) is 10. The fourth-order valence-electron chi connectivity index (χ4n) is 6.60. The minimum Gasteiger partial charge on any atom is -0.475 e. The summed E-state index contributed by atoms with van der Waals surface area (Å²) in [5, 5.41) is 17.6. The lowest BCUT2D eigenvalue weighted by molar-refractivity contribution is -0.331. The lowest BCUT2D eigenvalue weighted by Crippen LogP contribution is -2.61. The van der Waals surface area contributed by atoms with E-state index >= 15 is 0 Å².